The van der Waals surface area contributed by atoms with Crippen molar-refractivity contribution in [1.82, 2.24) is 10.6 Å². The first-order valence-corrected chi connectivity index (χ1v) is 7.14. The monoisotopic (exact) mass is 238 g/mol. The van der Waals surface area contributed by atoms with E-state index in [1.54, 1.807) is 0 Å². The number of piperidine rings is 1. The van der Waals surface area contributed by atoms with Crippen LogP contribution in [-0.2, 0) is 4.79 Å². The summed E-state index contributed by atoms with van der Waals surface area (Å²) in [5, 5.41) is 6.48. The Morgan fingerprint density at radius 3 is 2.82 bits per heavy atom. The highest BCUT2D eigenvalue weighted by molar-refractivity contribution is 5.81. The molecule has 1 saturated heterocycles. The standard InChI is InChI=1S/C14H26N2O/c1-3-11-5-8-15-12(9-11)13(17)16-10-14(2)6-4-7-14/h11-12,15H,3-10H2,1-2H3,(H,16,17). The Bertz CT molecular complexity index is 273. The number of nitrogens with one attached hydrogen (secondary N) is 2. The van der Waals surface area contributed by atoms with Gasteiger partial charge in [-0.3, -0.25) is 4.79 Å². The van der Waals surface area contributed by atoms with E-state index in [2.05, 4.69) is 24.5 Å². The van der Waals surface area contributed by atoms with E-state index in [4.69, 9.17) is 0 Å². The molecule has 3 heteroatoms. The van der Waals surface area contributed by atoms with E-state index in [1.165, 1.54) is 32.1 Å². The van der Waals surface area contributed by atoms with E-state index < -0.39 is 0 Å². The van der Waals surface area contributed by atoms with E-state index in [-0.39, 0.29) is 11.9 Å². The van der Waals surface area contributed by atoms with Crippen LogP contribution in [0.15, 0.2) is 0 Å². The van der Waals surface area contributed by atoms with Gasteiger partial charge in [-0.2, -0.15) is 0 Å². The Kier molecular flexibility index (Phi) is 4.08. The Morgan fingerprint density at radius 1 is 1.47 bits per heavy atom. The van der Waals surface area contributed by atoms with Gasteiger partial charge in [0.15, 0.2) is 0 Å². The maximum atomic E-state index is 12.1. The molecule has 0 bridgehead atoms. The number of rotatable bonds is 4. The summed E-state index contributed by atoms with van der Waals surface area (Å²) in [5.41, 5.74) is 0.383. The van der Waals surface area contributed by atoms with Crippen LogP contribution in [0.2, 0.25) is 0 Å². The molecule has 2 rings (SSSR count). The molecular weight excluding hydrogens is 212 g/mol. The minimum atomic E-state index is 0.0531. The van der Waals surface area contributed by atoms with Gasteiger partial charge in [-0.15, -0.1) is 0 Å². The SMILES string of the molecule is CCC1CCNC(C(=O)NCC2(C)CCC2)C1. The number of hydrogen-bond acceptors (Lipinski definition) is 2. The van der Waals surface area contributed by atoms with Crippen LogP contribution in [0.4, 0.5) is 0 Å². The van der Waals surface area contributed by atoms with Crippen LogP contribution in [0, 0.1) is 11.3 Å². The molecule has 2 unspecified atom stereocenters. The van der Waals surface area contributed by atoms with Crippen LogP contribution in [-0.4, -0.2) is 25.0 Å². The lowest BCUT2D eigenvalue weighted by molar-refractivity contribution is -0.124. The van der Waals surface area contributed by atoms with Crippen molar-refractivity contribution >= 4 is 5.91 Å². The first kappa shape index (κ1) is 12.9. The van der Waals surface area contributed by atoms with Crippen LogP contribution in [0.1, 0.15) is 52.4 Å². The molecule has 17 heavy (non-hydrogen) atoms. The molecule has 1 heterocycles. The Morgan fingerprint density at radius 2 is 2.24 bits per heavy atom. The normalized spacial score (nSPS) is 31.6. The third-order valence-corrected chi connectivity index (χ3v) is 4.66. The molecule has 98 valence electrons. The maximum Gasteiger partial charge on any atom is 0.237 e. The Hall–Kier alpha value is -0.570. The van der Waals surface area contributed by atoms with Gasteiger partial charge in [0.05, 0.1) is 6.04 Å². The molecular formula is C14H26N2O. The highest BCUT2D eigenvalue weighted by Crippen LogP contribution is 2.39. The lowest BCUT2D eigenvalue weighted by Gasteiger charge is -2.39. The molecule has 0 aromatic carbocycles. The fourth-order valence-electron chi connectivity index (χ4n) is 2.95. The molecule has 0 aromatic heterocycles. The summed E-state index contributed by atoms with van der Waals surface area (Å²) < 4.78 is 0. The van der Waals surface area contributed by atoms with Gasteiger partial charge in [-0.25, -0.2) is 0 Å². The van der Waals surface area contributed by atoms with Crippen molar-refractivity contribution in [3.63, 3.8) is 0 Å². The number of carbonyl (C=O) groups excluding carboxylic acids is 1. The van der Waals surface area contributed by atoms with Crippen molar-refractivity contribution in [3.8, 4) is 0 Å². The minimum absolute atomic E-state index is 0.0531. The summed E-state index contributed by atoms with van der Waals surface area (Å²) in [6.07, 6.45) is 7.29. The molecule has 1 aliphatic carbocycles. The molecule has 3 nitrogen and oxygen atoms in total. The van der Waals surface area contributed by atoms with Crippen molar-refractivity contribution in [3.05, 3.63) is 0 Å². The largest absolute Gasteiger partial charge is 0.354 e. The Labute approximate surface area is 105 Å². The van der Waals surface area contributed by atoms with Gasteiger partial charge in [-0.1, -0.05) is 26.7 Å². The zero-order valence-corrected chi connectivity index (χ0v) is 11.2. The van der Waals surface area contributed by atoms with E-state index in [0.717, 1.165) is 25.4 Å². The molecule has 1 saturated carbocycles. The van der Waals surface area contributed by atoms with Crippen molar-refractivity contribution in [2.45, 2.75) is 58.4 Å². The quantitative estimate of drug-likeness (QED) is 0.787. The van der Waals surface area contributed by atoms with E-state index >= 15 is 0 Å². The molecule has 0 radical (unpaired) electrons. The number of amides is 1. The van der Waals surface area contributed by atoms with Crippen molar-refractivity contribution in [1.29, 1.82) is 0 Å². The second-order valence-electron chi connectivity index (χ2n) is 6.19. The van der Waals surface area contributed by atoms with Crippen LogP contribution >= 0.6 is 0 Å². The van der Waals surface area contributed by atoms with Crippen molar-refractivity contribution in [2.75, 3.05) is 13.1 Å². The lowest BCUT2D eigenvalue weighted by atomic mass is 9.70. The molecule has 2 N–H and O–H groups in total. The number of carbonyl (C=O) groups is 1. The summed E-state index contributed by atoms with van der Waals surface area (Å²) in [4.78, 5) is 12.1. The highest BCUT2D eigenvalue weighted by Gasteiger charge is 2.33. The van der Waals surface area contributed by atoms with E-state index in [0.29, 0.717) is 5.41 Å². The fourth-order valence-corrected chi connectivity index (χ4v) is 2.95. The molecule has 2 atom stereocenters. The summed E-state index contributed by atoms with van der Waals surface area (Å²) >= 11 is 0. The lowest BCUT2D eigenvalue weighted by Crippen LogP contribution is -2.51. The first-order valence-electron chi connectivity index (χ1n) is 7.14. The molecule has 2 fully saturated rings. The molecule has 2 aliphatic rings. The van der Waals surface area contributed by atoms with Gasteiger partial charge in [0.2, 0.25) is 5.91 Å². The average Bonchev–Trinajstić information content (AvgIpc) is 2.33. The third kappa shape index (κ3) is 3.21. The molecule has 0 aromatic rings. The topological polar surface area (TPSA) is 41.1 Å². The highest BCUT2D eigenvalue weighted by atomic mass is 16.2. The van der Waals surface area contributed by atoms with Gasteiger partial charge in [-0.05, 0) is 43.6 Å². The van der Waals surface area contributed by atoms with Crippen LogP contribution in [0.5, 0.6) is 0 Å². The zero-order valence-electron chi connectivity index (χ0n) is 11.2. The third-order valence-electron chi connectivity index (χ3n) is 4.66. The maximum absolute atomic E-state index is 12.1. The molecule has 0 spiro atoms. The van der Waals surface area contributed by atoms with Gasteiger partial charge < -0.3 is 10.6 Å². The smallest absolute Gasteiger partial charge is 0.237 e. The van der Waals surface area contributed by atoms with Crippen molar-refractivity contribution < 1.29 is 4.79 Å². The minimum Gasteiger partial charge on any atom is -0.354 e. The van der Waals surface area contributed by atoms with Gasteiger partial charge in [0.1, 0.15) is 0 Å². The molecule has 1 amide bonds. The zero-order chi connectivity index (χ0) is 12.3. The summed E-state index contributed by atoms with van der Waals surface area (Å²) in [6.45, 7) is 6.36. The van der Waals surface area contributed by atoms with Crippen LogP contribution < -0.4 is 10.6 Å². The second kappa shape index (κ2) is 5.38. The summed E-state index contributed by atoms with van der Waals surface area (Å²) in [6, 6.07) is 0.0531. The van der Waals surface area contributed by atoms with E-state index in [9.17, 15) is 4.79 Å². The summed E-state index contributed by atoms with van der Waals surface area (Å²) in [7, 11) is 0. The van der Waals surface area contributed by atoms with Gasteiger partial charge in [0.25, 0.3) is 0 Å². The number of hydrogen-bond donors (Lipinski definition) is 2. The van der Waals surface area contributed by atoms with Gasteiger partial charge in [0, 0.05) is 6.54 Å². The molecule has 1 aliphatic heterocycles. The average molecular weight is 238 g/mol. The van der Waals surface area contributed by atoms with E-state index in [1.807, 2.05) is 0 Å². The second-order valence-corrected chi connectivity index (χ2v) is 6.19. The van der Waals surface area contributed by atoms with Crippen LogP contribution in [0.25, 0.3) is 0 Å². The predicted octanol–water partition coefficient (Wildman–Crippen LogP) is 2.07. The first-order chi connectivity index (χ1) is 8.13. The summed E-state index contributed by atoms with van der Waals surface area (Å²) in [5.74, 6) is 0.947. The predicted molar refractivity (Wildman–Crippen MR) is 69.8 cm³/mol. The van der Waals surface area contributed by atoms with Gasteiger partial charge >= 0.3 is 0 Å². The van der Waals surface area contributed by atoms with Crippen LogP contribution in [0.3, 0.4) is 0 Å². The fraction of sp³-hybridized carbons (Fsp3) is 0.929. The Balaban J connectivity index is 1.75. The van der Waals surface area contributed by atoms with Crippen molar-refractivity contribution in [2.24, 2.45) is 11.3 Å².